The molecule has 0 heterocycles. The fourth-order valence-corrected chi connectivity index (χ4v) is 1.18. The molecule has 0 aromatic heterocycles. The van der Waals surface area contributed by atoms with Gasteiger partial charge in [-0.15, -0.1) is 0 Å². The van der Waals surface area contributed by atoms with Crippen molar-refractivity contribution in [3.8, 4) is 6.07 Å². The van der Waals surface area contributed by atoms with E-state index in [1.54, 1.807) is 20.2 Å². The van der Waals surface area contributed by atoms with E-state index < -0.39 is 17.5 Å². The van der Waals surface area contributed by atoms with Gasteiger partial charge < -0.3 is 10.2 Å². The van der Waals surface area contributed by atoms with E-state index in [1.807, 2.05) is 0 Å². The predicted molar refractivity (Wildman–Crippen MR) is 62.4 cm³/mol. The monoisotopic (exact) mass is 251 g/mol. The summed E-state index contributed by atoms with van der Waals surface area (Å²) in [6.07, 6.45) is 1.28. The van der Waals surface area contributed by atoms with E-state index in [0.29, 0.717) is 0 Å². The quantitative estimate of drug-likeness (QED) is 0.659. The number of anilines is 1. The fourth-order valence-electron chi connectivity index (χ4n) is 1.18. The molecule has 1 rings (SSSR count). The summed E-state index contributed by atoms with van der Waals surface area (Å²) in [5.41, 5.74) is -0.511. The molecule has 1 aromatic rings. The van der Waals surface area contributed by atoms with E-state index in [4.69, 9.17) is 5.26 Å². The average molecular weight is 251 g/mol. The van der Waals surface area contributed by atoms with Gasteiger partial charge in [0.25, 0.3) is 5.91 Å². The molecule has 0 spiro atoms. The summed E-state index contributed by atoms with van der Waals surface area (Å²) in [4.78, 5) is 13.1. The first-order valence-electron chi connectivity index (χ1n) is 4.99. The van der Waals surface area contributed by atoms with Crippen LogP contribution in [0.15, 0.2) is 30.0 Å². The molecule has 0 aliphatic heterocycles. The lowest BCUT2D eigenvalue weighted by Gasteiger charge is -2.08. The van der Waals surface area contributed by atoms with Crippen molar-refractivity contribution in [2.75, 3.05) is 19.4 Å². The zero-order valence-corrected chi connectivity index (χ0v) is 9.87. The second-order valence-corrected chi connectivity index (χ2v) is 3.70. The molecule has 1 N–H and O–H groups in total. The van der Waals surface area contributed by atoms with Crippen LogP contribution in [0.1, 0.15) is 0 Å². The molecular formula is C12H11F2N3O. The second-order valence-electron chi connectivity index (χ2n) is 3.70. The van der Waals surface area contributed by atoms with Gasteiger partial charge in [0.05, 0.1) is 5.69 Å². The lowest BCUT2D eigenvalue weighted by molar-refractivity contribution is -0.112. The van der Waals surface area contributed by atoms with Crippen LogP contribution in [0.3, 0.4) is 0 Å². The molecule has 0 atom stereocenters. The Bertz CT molecular complexity index is 533. The molecule has 18 heavy (non-hydrogen) atoms. The van der Waals surface area contributed by atoms with Crippen LogP contribution in [0, 0.1) is 23.0 Å². The van der Waals surface area contributed by atoms with Gasteiger partial charge >= 0.3 is 0 Å². The molecule has 0 aliphatic carbocycles. The molecule has 1 aromatic carbocycles. The lowest BCUT2D eigenvalue weighted by Crippen LogP contribution is -2.17. The van der Waals surface area contributed by atoms with Crippen LogP contribution in [0.4, 0.5) is 14.5 Å². The van der Waals surface area contributed by atoms with Gasteiger partial charge in [0.1, 0.15) is 23.3 Å². The average Bonchev–Trinajstić information content (AvgIpc) is 2.30. The minimum Gasteiger partial charge on any atom is -0.382 e. The maximum Gasteiger partial charge on any atom is 0.267 e. The Labute approximate surface area is 103 Å². The normalized spacial score (nSPS) is 10.7. The Morgan fingerprint density at radius 3 is 2.67 bits per heavy atom. The number of rotatable bonds is 3. The topological polar surface area (TPSA) is 56.1 Å². The minimum atomic E-state index is -0.796. The predicted octanol–water partition coefficient (Wildman–Crippen LogP) is 1.87. The van der Waals surface area contributed by atoms with Gasteiger partial charge in [0.15, 0.2) is 0 Å². The Balaban J connectivity index is 2.94. The number of amides is 1. The number of halogens is 2. The van der Waals surface area contributed by atoms with E-state index in [1.165, 1.54) is 11.1 Å². The fraction of sp³-hybridized carbons (Fsp3) is 0.167. The van der Waals surface area contributed by atoms with Crippen molar-refractivity contribution in [3.05, 3.63) is 41.6 Å². The van der Waals surface area contributed by atoms with E-state index in [9.17, 15) is 13.6 Å². The van der Waals surface area contributed by atoms with Crippen LogP contribution in [-0.2, 0) is 4.79 Å². The van der Waals surface area contributed by atoms with Crippen LogP contribution in [-0.4, -0.2) is 24.9 Å². The maximum atomic E-state index is 13.3. The summed E-state index contributed by atoms with van der Waals surface area (Å²) in [7, 11) is 3.26. The third-order valence-corrected chi connectivity index (χ3v) is 1.93. The van der Waals surface area contributed by atoms with Gasteiger partial charge in [-0.3, -0.25) is 4.79 Å². The highest BCUT2D eigenvalue weighted by Crippen LogP contribution is 2.16. The third-order valence-electron chi connectivity index (χ3n) is 1.93. The van der Waals surface area contributed by atoms with Gasteiger partial charge in [-0.1, -0.05) is 0 Å². The first-order chi connectivity index (χ1) is 8.43. The molecule has 0 aliphatic rings. The van der Waals surface area contributed by atoms with Gasteiger partial charge in [-0.05, 0) is 12.1 Å². The van der Waals surface area contributed by atoms with Crippen molar-refractivity contribution >= 4 is 11.6 Å². The Morgan fingerprint density at radius 1 is 1.44 bits per heavy atom. The van der Waals surface area contributed by atoms with Crippen molar-refractivity contribution in [2.24, 2.45) is 0 Å². The van der Waals surface area contributed by atoms with Crippen molar-refractivity contribution in [3.63, 3.8) is 0 Å². The molecule has 0 saturated carbocycles. The number of nitrogens with zero attached hydrogens (tertiary/aromatic N) is 2. The molecule has 0 unspecified atom stereocenters. The van der Waals surface area contributed by atoms with Crippen molar-refractivity contribution < 1.29 is 13.6 Å². The van der Waals surface area contributed by atoms with Crippen LogP contribution in [0.25, 0.3) is 0 Å². The van der Waals surface area contributed by atoms with E-state index in [-0.39, 0.29) is 11.3 Å². The number of carbonyl (C=O) groups is 1. The van der Waals surface area contributed by atoms with Crippen molar-refractivity contribution in [1.29, 1.82) is 5.26 Å². The molecule has 94 valence electrons. The highest BCUT2D eigenvalue weighted by atomic mass is 19.1. The van der Waals surface area contributed by atoms with Crippen LogP contribution in [0.2, 0.25) is 0 Å². The minimum absolute atomic E-state index is 0.205. The van der Waals surface area contributed by atoms with Gasteiger partial charge in [0, 0.05) is 26.4 Å². The van der Waals surface area contributed by atoms with Gasteiger partial charge in [0.2, 0.25) is 0 Å². The SMILES string of the molecule is CN(C)C=C(C#N)C(=O)Nc1cc(F)ccc1F. The van der Waals surface area contributed by atoms with Crippen LogP contribution >= 0.6 is 0 Å². The molecule has 0 saturated heterocycles. The van der Waals surface area contributed by atoms with Crippen LogP contribution in [0.5, 0.6) is 0 Å². The molecule has 0 radical (unpaired) electrons. The number of benzene rings is 1. The maximum absolute atomic E-state index is 13.3. The van der Waals surface area contributed by atoms with E-state index in [2.05, 4.69) is 5.32 Å². The summed E-state index contributed by atoms with van der Waals surface area (Å²) in [6.45, 7) is 0. The largest absolute Gasteiger partial charge is 0.382 e. The molecule has 0 fully saturated rings. The molecule has 1 amide bonds. The Morgan fingerprint density at radius 2 is 2.11 bits per heavy atom. The first kappa shape index (κ1) is 13.6. The third kappa shape index (κ3) is 3.56. The zero-order chi connectivity index (χ0) is 13.7. The van der Waals surface area contributed by atoms with Crippen molar-refractivity contribution in [2.45, 2.75) is 0 Å². The number of carbonyl (C=O) groups excluding carboxylic acids is 1. The standard InChI is InChI=1S/C12H11F2N3O/c1-17(2)7-8(6-15)12(18)16-11-5-9(13)3-4-10(11)14/h3-5,7H,1-2H3,(H,16,18). The summed E-state index contributed by atoms with van der Waals surface area (Å²) in [5.74, 6) is -2.25. The van der Waals surface area contributed by atoms with Crippen molar-refractivity contribution in [1.82, 2.24) is 4.90 Å². The molecule has 6 heteroatoms. The lowest BCUT2D eigenvalue weighted by atomic mass is 10.2. The number of hydrogen-bond donors (Lipinski definition) is 1. The first-order valence-corrected chi connectivity index (χ1v) is 4.99. The van der Waals surface area contributed by atoms with E-state index >= 15 is 0 Å². The summed E-state index contributed by atoms with van der Waals surface area (Å²) >= 11 is 0. The van der Waals surface area contributed by atoms with Crippen LogP contribution < -0.4 is 5.32 Å². The smallest absolute Gasteiger partial charge is 0.267 e. The number of nitrogens with one attached hydrogen (secondary N) is 1. The zero-order valence-electron chi connectivity index (χ0n) is 9.87. The highest BCUT2D eigenvalue weighted by Gasteiger charge is 2.12. The molecule has 0 bridgehead atoms. The number of hydrogen-bond acceptors (Lipinski definition) is 3. The summed E-state index contributed by atoms with van der Waals surface area (Å²) < 4.78 is 26.2. The summed E-state index contributed by atoms with van der Waals surface area (Å²) in [6, 6.07) is 4.36. The molecule has 4 nitrogen and oxygen atoms in total. The Kier molecular flexibility index (Phi) is 4.38. The second kappa shape index (κ2) is 5.77. The summed E-state index contributed by atoms with van der Waals surface area (Å²) in [5, 5.41) is 10.9. The Hall–Kier alpha value is -2.42. The van der Waals surface area contributed by atoms with Gasteiger partial charge in [-0.2, -0.15) is 5.26 Å². The van der Waals surface area contributed by atoms with Gasteiger partial charge in [-0.25, -0.2) is 8.78 Å². The number of nitriles is 1. The molecular weight excluding hydrogens is 240 g/mol. The van der Waals surface area contributed by atoms with E-state index in [0.717, 1.165) is 18.2 Å². The highest BCUT2D eigenvalue weighted by molar-refractivity contribution is 6.06.